The third-order valence-corrected chi connectivity index (χ3v) is 2.66. The van der Waals surface area contributed by atoms with Crippen molar-refractivity contribution in [2.45, 2.75) is 26.7 Å². The van der Waals surface area contributed by atoms with Crippen molar-refractivity contribution in [1.29, 1.82) is 0 Å². The molecule has 0 aliphatic carbocycles. The summed E-state index contributed by atoms with van der Waals surface area (Å²) in [7, 11) is 1.85. The van der Waals surface area contributed by atoms with Crippen molar-refractivity contribution in [1.82, 2.24) is 5.32 Å². The van der Waals surface area contributed by atoms with E-state index in [4.69, 9.17) is 0 Å². The van der Waals surface area contributed by atoms with Crippen LogP contribution in [0.1, 0.15) is 37.0 Å². The van der Waals surface area contributed by atoms with Crippen LogP contribution in [0.5, 0.6) is 0 Å². The first kappa shape index (κ1) is 13.6. The van der Waals surface area contributed by atoms with E-state index in [0.717, 1.165) is 25.1 Å². The maximum atomic E-state index is 11.8. The lowest BCUT2D eigenvalue weighted by molar-refractivity contribution is 0.0952. The van der Waals surface area contributed by atoms with Crippen LogP contribution in [0.3, 0.4) is 0 Å². The van der Waals surface area contributed by atoms with E-state index >= 15 is 0 Å². The SMILES string of the molecule is CNc1cccc(C(=O)NCCCC(C)C)c1. The fourth-order valence-corrected chi connectivity index (χ4v) is 1.63. The molecule has 0 saturated heterocycles. The molecule has 94 valence electrons. The van der Waals surface area contributed by atoms with E-state index in [1.54, 1.807) is 0 Å². The highest BCUT2D eigenvalue weighted by Crippen LogP contribution is 2.09. The zero-order valence-electron chi connectivity index (χ0n) is 10.9. The summed E-state index contributed by atoms with van der Waals surface area (Å²) >= 11 is 0. The quantitative estimate of drug-likeness (QED) is 0.743. The minimum Gasteiger partial charge on any atom is -0.388 e. The van der Waals surface area contributed by atoms with E-state index in [-0.39, 0.29) is 5.91 Å². The van der Waals surface area contributed by atoms with Crippen LogP contribution >= 0.6 is 0 Å². The van der Waals surface area contributed by atoms with E-state index < -0.39 is 0 Å². The summed E-state index contributed by atoms with van der Waals surface area (Å²) in [4.78, 5) is 11.8. The number of anilines is 1. The van der Waals surface area contributed by atoms with Gasteiger partial charge in [0.25, 0.3) is 5.91 Å². The molecule has 0 aromatic heterocycles. The Morgan fingerprint density at radius 1 is 1.35 bits per heavy atom. The summed E-state index contributed by atoms with van der Waals surface area (Å²) in [6.45, 7) is 5.14. The van der Waals surface area contributed by atoms with E-state index in [1.807, 2.05) is 31.3 Å². The van der Waals surface area contributed by atoms with Gasteiger partial charge in [-0.05, 0) is 37.0 Å². The summed E-state index contributed by atoms with van der Waals surface area (Å²) in [5.41, 5.74) is 1.67. The molecule has 1 rings (SSSR count). The van der Waals surface area contributed by atoms with Gasteiger partial charge in [-0.2, -0.15) is 0 Å². The number of carbonyl (C=O) groups is 1. The Balaban J connectivity index is 2.41. The van der Waals surface area contributed by atoms with Crippen LogP contribution in [0, 0.1) is 5.92 Å². The van der Waals surface area contributed by atoms with Crippen molar-refractivity contribution in [2.24, 2.45) is 5.92 Å². The number of rotatable bonds is 6. The molecule has 2 N–H and O–H groups in total. The Hall–Kier alpha value is -1.51. The summed E-state index contributed by atoms with van der Waals surface area (Å²) < 4.78 is 0. The van der Waals surface area contributed by atoms with Crippen LogP contribution in [0.25, 0.3) is 0 Å². The molecule has 0 heterocycles. The van der Waals surface area contributed by atoms with E-state index in [2.05, 4.69) is 24.5 Å². The average Bonchev–Trinajstić information content (AvgIpc) is 2.34. The Morgan fingerprint density at radius 2 is 2.12 bits per heavy atom. The van der Waals surface area contributed by atoms with Crippen LogP contribution in [-0.4, -0.2) is 19.5 Å². The first-order valence-electron chi connectivity index (χ1n) is 6.19. The molecule has 3 nitrogen and oxygen atoms in total. The van der Waals surface area contributed by atoms with Gasteiger partial charge in [0.05, 0.1) is 0 Å². The van der Waals surface area contributed by atoms with Gasteiger partial charge in [-0.25, -0.2) is 0 Å². The third kappa shape index (κ3) is 4.89. The highest BCUT2D eigenvalue weighted by atomic mass is 16.1. The van der Waals surface area contributed by atoms with Crippen LogP contribution < -0.4 is 10.6 Å². The highest BCUT2D eigenvalue weighted by Gasteiger charge is 2.05. The van der Waals surface area contributed by atoms with Gasteiger partial charge >= 0.3 is 0 Å². The minimum absolute atomic E-state index is 0.00542. The molecule has 0 saturated carbocycles. The second kappa shape index (κ2) is 6.94. The maximum absolute atomic E-state index is 11.8. The molecule has 17 heavy (non-hydrogen) atoms. The number of hydrogen-bond donors (Lipinski definition) is 2. The van der Waals surface area contributed by atoms with Crippen LogP contribution in [0.2, 0.25) is 0 Å². The number of benzene rings is 1. The summed E-state index contributed by atoms with van der Waals surface area (Å²) in [6, 6.07) is 7.51. The number of amides is 1. The summed E-state index contributed by atoms with van der Waals surface area (Å²) in [6.07, 6.45) is 2.19. The Kier molecular flexibility index (Phi) is 5.53. The zero-order valence-corrected chi connectivity index (χ0v) is 10.9. The van der Waals surface area contributed by atoms with Crippen LogP contribution in [0.15, 0.2) is 24.3 Å². The van der Waals surface area contributed by atoms with Gasteiger partial charge in [-0.15, -0.1) is 0 Å². The minimum atomic E-state index is 0.00542. The van der Waals surface area contributed by atoms with Crippen molar-refractivity contribution in [3.05, 3.63) is 29.8 Å². The predicted octanol–water partition coefficient (Wildman–Crippen LogP) is 2.89. The predicted molar refractivity (Wildman–Crippen MR) is 72.4 cm³/mol. The van der Waals surface area contributed by atoms with Crippen molar-refractivity contribution in [2.75, 3.05) is 18.9 Å². The lowest BCUT2D eigenvalue weighted by atomic mass is 10.1. The zero-order chi connectivity index (χ0) is 12.7. The van der Waals surface area contributed by atoms with E-state index in [1.165, 1.54) is 0 Å². The van der Waals surface area contributed by atoms with Crippen LogP contribution in [0.4, 0.5) is 5.69 Å². The molecule has 1 aromatic rings. The second-order valence-electron chi connectivity index (χ2n) is 4.62. The normalized spacial score (nSPS) is 10.4. The van der Waals surface area contributed by atoms with Gasteiger partial charge in [-0.3, -0.25) is 4.79 Å². The molecule has 0 aliphatic rings. The first-order chi connectivity index (χ1) is 8.13. The molecule has 1 amide bonds. The molecular formula is C14H22N2O. The molecule has 0 aliphatic heterocycles. The number of carbonyl (C=O) groups excluding carboxylic acids is 1. The molecular weight excluding hydrogens is 212 g/mol. The van der Waals surface area contributed by atoms with Crippen molar-refractivity contribution >= 4 is 11.6 Å². The molecule has 0 radical (unpaired) electrons. The smallest absolute Gasteiger partial charge is 0.251 e. The summed E-state index contributed by atoms with van der Waals surface area (Å²) in [5, 5.41) is 5.96. The standard InChI is InChI=1S/C14H22N2O/c1-11(2)6-5-9-16-14(17)12-7-4-8-13(10-12)15-3/h4,7-8,10-11,15H,5-6,9H2,1-3H3,(H,16,17). The van der Waals surface area contributed by atoms with Gasteiger partial charge in [0, 0.05) is 24.8 Å². The summed E-state index contributed by atoms with van der Waals surface area (Å²) in [5.74, 6) is 0.699. The molecule has 0 fully saturated rings. The average molecular weight is 234 g/mol. The van der Waals surface area contributed by atoms with Gasteiger partial charge < -0.3 is 10.6 Å². The largest absolute Gasteiger partial charge is 0.388 e. The Labute approximate surface area is 104 Å². The van der Waals surface area contributed by atoms with Crippen molar-refractivity contribution in [3.63, 3.8) is 0 Å². The Morgan fingerprint density at radius 3 is 2.76 bits per heavy atom. The fraction of sp³-hybridized carbons (Fsp3) is 0.500. The topological polar surface area (TPSA) is 41.1 Å². The fourth-order valence-electron chi connectivity index (χ4n) is 1.63. The van der Waals surface area contributed by atoms with Gasteiger partial charge in [0.2, 0.25) is 0 Å². The number of nitrogens with one attached hydrogen (secondary N) is 2. The van der Waals surface area contributed by atoms with Gasteiger partial charge in [0.1, 0.15) is 0 Å². The molecule has 0 unspecified atom stereocenters. The third-order valence-electron chi connectivity index (χ3n) is 2.66. The van der Waals surface area contributed by atoms with Crippen LogP contribution in [-0.2, 0) is 0 Å². The van der Waals surface area contributed by atoms with E-state index in [0.29, 0.717) is 11.5 Å². The molecule has 3 heteroatoms. The lowest BCUT2D eigenvalue weighted by Gasteiger charge is -2.08. The van der Waals surface area contributed by atoms with Gasteiger partial charge in [0.15, 0.2) is 0 Å². The van der Waals surface area contributed by atoms with Crippen molar-refractivity contribution < 1.29 is 4.79 Å². The molecule has 1 aromatic carbocycles. The number of hydrogen-bond acceptors (Lipinski definition) is 2. The second-order valence-corrected chi connectivity index (χ2v) is 4.62. The van der Waals surface area contributed by atoms with E-state index in [9.17, 15) is 4.79 Å². The highest BCUT2D eigenvalue weighted by molar-refractivity contribution is 5.95. The molecule has 0 spiro atoms. The monoisotopic (exact) mass is 234 g/mol. The lowest BCUT2D eigenvalue weighted by Crippen LogP contribution is -2.24. The molecule has 0 atom stereocenters. The Bertz CT molecular complexity index is 361. The first-order valence-corrected chi connectivity index (χ1v) is 6.19. The maximum Gasteiger partial charge on any atom is 0.251 e. The van der Waals surface area contributed by atoms with Crippen molar-refractivity contribution in [3.8, 4) is 0 Å². The van der Waals surface area contributed by atoms with Gasteiger partial charge in [-0.1, -0.05) is 19.9 Å². The molecule has 0 bridgehead atoms.